The number of hydrogen-bond donors (Lipinski definition) is 0. The summed E-state index contributed by atoms with van der Waals surface area (Å²) in [6.45, 7) is 29.3. The Balaban J connectivity index is 5.38. The van der Waals surface area contributed by atoms with E-state index in [1.165, 1.54) is 5.67 Å². The second-order valence-corrected chi connectivity index (χ2v) is 18.7. The van der Waals surface area contributed by atoms with E-state index in [0.717, 1.165) is 0 Å². The Morgan fingerprint density at radius 2 is 0.714 bits per heavy atom. The van der Waals surface area contributed by atoms with Crippen LogP contribution in [0.3, 0.4) is 0 Å². The summed E-state index contributed by atoms with van der Waals surface area (Å²) in [7, 11) is -2.79. The molecule has 21 heavy (non-hydrogen) atoms. The van der Waals surface area contributed by atoms with Crippen LogP contribution in [0.5, 0.6) is 0 Å². The molecule has 0 aliphatic carbocycles. The van der Waals surface area contributed by atoms with Crippen LogP contribution in [0.2, 0.25) is 31.9 Å². The molecule has 0 aliphatic heterocycles. The smallest absolute Gasteiger partial charge is 0.121 e. The first kappa shape index (κ1) is 21.4. The second kappa shape index (κ2) is 7.76. The molecule has 0 aromatic heterocycles. The highest BCUT2D eigenvalue weighted by Crippen LogP contribution is 2.31. The van der Waals surface area contributed by atoms with Gasteiger partial charge in [-0.05, 0) is 29.8 Å². The van der Waals surface area contributed by atoms with Gasteiger partial charge in [-0.15, -0.1) is 0 Å². The predicted molar refractivity (Wildman–Crippen MR) is 104 cm³/mol. The molecule has 0 bridgehead atoms. The maximum absolute atomic E-state index is 2.83. The van der Waals surface area contributed by atoms with Crippen molar-refractivity contribution in [2.24, 2.45) is 0 Å². The van der Waals surface area contributed by atoms with E-state index in [1.807, 2.05) is 0 Å². The Labute approximate surface area is 137 Å². The van der Waals surface area contributed by atoms with E-state index in [2.05, 4.69) is 90.7 Å². The van der Waals surface area contributed by atoms with E-state index in [-0.39, 0.29) is 0 Å². The van der Waals surface area contributed by atoms with Crippen LogP contribution in [0, 0.1) is 0 Å². The molecule has 0 fully saturated rings. The third kappa shape index (κ3) is 5.81. The highest BCUT2D eigenvalue weighted by molar-refractivity contribution is 6.92. The van der Waals surface area contributed by atoms with Crippen LogP contribution >= 0.6 is 0 Å². The van der Waals surface area contributed by atoms with Gasteiger partial charge < -0.3 is 9.13 Å². The van der Waals surface area contributed by atoms with Gasteiger partial charge in [-0.25, -0.2) is 0 Å². The van der Waals surface area contributed by atoms with E-state index in [0.29, 0.717) is 24.2 Å². The lowest BCUT2D eigenvalue weighted by atomic mass is 10.3. The van der Waals surface area contributed by atoms with Gasteiger partial charge in [0, 0.05) is 0 Å². The fraction of sp³-hybridized carbons (Fsp3) is 1.00. The van der Waals surface area contributed by atoms with Gasteiger partial charge in [0.25, 0.3) is 0 Å². The normalized spacial score (nSPS) is 14.6. The van der Waals surface area contributed by atoms with Gasteiger partial charge in [0.2, 0.25) is 0 Å². The zero-order valence-electron chi connectivity index (χ0n) is 16.9. The lowest BCUT2D eigenvalue weighted by Gasteiger charge is -2.50. The largest absolute Gasteiger partial charge is 0.320 e. The van der Waals surface area contributed by atoms with Crippen LogP contribution in [0.4, 0.5) is 0 Å². The van der Waals surface area contributed by atoms with Gasteiger partial charge in [-0.2, -0.15) is 0 Å². The van der Waals surface area contributed by atoms with Crippen LogP contribution in [0.1, 0.15) is 55.4 Å². The van der Waals surface area contributed by atoms with Gasteiger partial charge >= 0.3 is 0 Å². The van der Waals surface area contributed by atoms with E-state index in [9.17, 15) is 0 Å². The Hall–Kier alpha value is 0.354. The topological polar surface area (TPSA) is 6.48 Å². The van der Waals surface area contributed by atoms with Crippen molar-refractivity contribution in [2.75, 3.05) is 0 Å². The number of rotatable bonds is 8. The molecule has 0 rings (SSSR count). The van der Waals surface area contributed by atoms with E-state index < -0.39 is 16.5 Å². The molecule has 0 aromatic rings. The Kier molecular flexibility index (Phi) is 7.89. The lowest BCUT2D eigenvalue weighted by molar-refractivity contribution is 0.285. The molecule has 0 radical (unpaired) electrons. The molecule has 0 atom stereocenters. The van der Waals surface area contributed by atoms with Crippen LogP contribution < -0.4 is 0 Å². The van der Waals surface area contributed by atoms with Crippen molar-refractivity contribution in [1.29, 1.82) is 0 Å². The summed E-state index contributed by atoms with van der Waals surface area (Å²) in [6.07, 6.45) is 0. The first-order chi connectivity index (χ1) is 9.24. The molecule has 0 spiro atoms. The minimum Gasteiger partial charge on any atom is -0.320 e. The van der Waals surface area contributed by atoms with Crippen molar-refractivity contribution in [2.45, 2.75) is 111 Å². The maximum Gasteiger partial charge on any atom is 0.121 e. The average Bonchev–Trinajstić information content (AvgIpc) is 2.08. The van der Waals surface area contributed by atoms with Crippen molar-refractivity contribution in [3.8, 4) is 0 Å². The first-order valence-corrected chi connectivity index (χ1v) is 15.1. The summed E-state index contributed by atoms with van der Waals surface area (Å²) in [5.41, 5.74) is 1.45. The highest BCUT2D eigenvalue weighted by atomic mass is 28.4. The van der Waals surface area contributed by atoms with E-state index in [1.54, 1.807) is 0 Å². The summed E-state index contributed by atoms with van der Waals surface area (Å²) < 4.78 is 5.67. The van der Waals surface area contributed by atoms with Crippen molar-refractivity contribution < 1.29 is 0 Å². The SMILES string of the molecule is CC(C)N(C(C)C)[Si](C)(C)C[Si](C)(C)N(C(C)C)C(C)C. The fourth-order valence-electron chi connectivity index (χ4n) is 5.23. The lowest BCUT2D eigenvalue weighted by Crippen LogP contribution is -2.64. The quantitative estimate of drug-likeness (QED) is 0.566. The van der Waals surface area contributed by atoms with Crippen LogP contribution in [0.25, 0.3) is 0 Å². The van der Waals surface area contributed by atoms with Gasteiger partial charge in [0.1, 0.15) is 16.5 Å². The molecular formula is C17H42N2Si2. The minimum atomic E-state index is -1.40. The van der Waals surface area contributed by atoms with Gasteiger partial charge in [0.15, 0.2) is 0 Å². The van der Waals surface area contributed by atoms with Crippen molar-refractivity contribution in [3.05, 3.63) is 0 Å². The summed E-state index contributed by atoms with van der Waals surface area (Å²) in [4.78, 5) is 0. The van der Waals surface area contributed by atoms with Crippen LogP contribution in [0.15, 0.2) is 0 Å². The molecule has 0 N–H and O–H groups in total. The highest BCUT2D eigenvalue weighted by Gasteiger charge is 2.43. The summed E-state index contributed by atoms with van der Waals surface area (Å²) in [6, 6.07) is 2.62. The van der Waals surface area contributed by atoms with Crippen molar-refractivity contribution in [3.63, 3.8) is 0 Å². The van der Waals surface area contributed by atoms with Crippen molar-refractivity contribution >= 4 is 16.5 Å². The van der Waals surface area contributed by atoms with Gasteiger partial charge in [-0.1, -0.05) is 81.6 Å². The van der Waals surface area contributed by atoms with Gasteiger partial charge in [-0.3, -0.25) is 0 Å². The van der Waals surface area contributed by atoms with E-state index in [4.69, 9.17) is 0 Å². The molecule has 0 unspecified atom stereocenters. The Bertz CT molecular complexity index is 264. The number of nitrogens with zero attached hydrogens (tertiary/aromatic N) is 2. The predicted octanol–water partition coefficient (Wildman–Crippen LogP) is 5.17. The molecule has 0 heterocycles. The monoisotopic (exact) mass is 330 g/mol. The summed E-state index contributed by atoms with van der Waals surface area (Å²) in [5, 5.41) is 0. The minimum absolute atomic E-state index is 0.656. The standard InChI is InChI=1S/C17H42N2Si2/c1-14(2)18(15(3)4)20(9,10)13-21(11,12)19(16(5)6)17(7)8/h14-17H,13H2,1-12H3. The molecule has 0 saturated heterocycles. The molecule has 4 heteroatoms. The molecule has 0 saturated carbocycles. The summed E-state index contributed by atoms with van der Waals surface area (Å²) >= 11 is 0. The molecule has 0 amide bonds. The first-order valence-electron chi connectivity index (χ1n) is 8.81. The molecule has 0 aromatic carbocycles. The zero-order valence-corrected chi connectivity index (χ0v) is 18.9. The Morgan fingerprint density at radius 1 is 0.524 bits per heavy atom. The fourth-order valence-corrected chi connectivity index (χ4v) is 20.8. The third-order valence-electron chi connectivity index (χ3n) is 4.49. The maximum atomic E-state index is 2.83. The van der Waals surface area contributed by atoms with Crippen molar-refractivity contribution in [1.82, 2.24) is 9.13 Å². The molecule has 2 nitrogen and oxygen atoms in total. The molecule has 128 valence electrons. The zero-order chi connectivity index (χ0) is 17.2. The number of hydrogen-bond acceptors (Lipinski definition) is 2. The second-order valence-electron chi connectivity index (χ2n) is 8.99. The summed E-state index contributed by atoms with van der Waals surface area (Å²) in [5.74, 6) is 0. The molecular weight excluding hydrogens is 288 g/mol. The molecule has 0 aliphatic rings. The Morgan fingerprint density at radius 3 is 0.857 bits per heavy atom. The van der Waals surface area contributed by atoms with Crippen LogP contribution in [-0.2, 0) is 0 Å². The average molecular weight is 331 g/mol. The van der Waals surface area contributed by atoms with Gasteiger partial charge in [0.05, 0.1) is 0 Å². The van der Waals surface area contributed by atoms with Crippen LogP contribution in [-0.4, -0.2) is 49.8 Å². The van der Waals surface area contributed by atoms with E-state index >= 15 is 0 Å². The third-order valence-corrected chi connectivity index (χ3v) is 16.3.